The van der Waals surface area contributed by atoms with Crippen LogP contribution in [0.2, 0.25) is 5.02 Å². The Balaban J connectivity index is 1.33. The van der Waals surface area contributed by atoms with Gasteiger partial charge in [0.2, 0.25) is 0 Å². The average Bonchev–Trinajstić information content (AvgIpc) is 3.08. The van der Waals surface area contributed by atoms with E-state index < -0.39 is 0 Å². The predicted octanol–water partition coefficient (Wildman–Crippen LogP) is 4.67. The van der Waals surface area contributed by atoms with E-state index in [1.807, 2.05) is 24.3 Å². The van der Waals surface area contributed by atoms with Crippen LogP contribution in [0.25, 0.3) is 0 Å². The van der Waals surface area contributed by atoms with Crippen molar-refractivity contribution in [1.82, 2.24) is 4.90 Å². The van der Waals surface area contributed by atoms with Crippen molar-refractivity contribution in [3.8, 4) is 0 Å². The van der Waals surface area contributed by atoms with Crippen molar-refractivity contribution >= 4 is 29.0 Å². The summed E-state index contributed by atoms with van der Waals surface area (Å²) in [5.41, 5.74) is 2.15. The second kappa shape index (κ2) is 7.19. The number of carbonyl (C=O) groups is 1. The van der Waals surface area contributed by atoms with Gasteiger partial charge in [0.1, 0.15) is 11.4 Å². The molecule has 7 heteroatoms. The van der Waals surface area contributed by atoms with Gasteiger partial charge in [-0.3, -0.25) is 0 Å². The molecular formula is C20H19ClFN3O2. The molecule has 0 radical (unpaired) electrons. The second-order valence-electron chi connectivity index (χ2n) is 6.92. The van der Waals surface area contributed by atoms with Crippen molar-refractivity contribution in [2.45, 2.75) is 24.9 Å². The van der Waals surface area contributed by atoms with Crippen LogP contribution in [0.1, 0.15) is 24.8 Å². The van der Waals surface area contributed by atoms with E-state index in [0.29, 0.717) is 36.6 Å². The van der Waals surface area contributed by atoms with Crippen LogP contribution in [0.4, 0.5) is 14.9 Å². The first-order valence-corrected chi connectivity index (χ1v) is 9.23. The highest BCUT2D eigenvalue weighted by Gasteiger charge is 2.43. The summed E-state index contributed by atoms with van der Waals surface area (Å²) in [6, 6.07) is 13.1. The molecule has 140 valence electrons. The number of halogens is 2. The maximum absolute atomic E-state index is 13.0. The number of benzene rings is 2. The molecule has 0 aromatic heterocycles. The SMILES string of the molecule is O=C(Nc1ccc(F)cc1)N1CCC2(CC1)CC(c1ccc(Cl)cc1)=NO2. The quantitative estimate of drug-likeness (QED) is 0.814. The maximum atomic E-state index is 13.0. The van der Waals surface area contributed by atoms with Crippen molar-refractivity contribution in [2.24, 2.45) is 5.16 Å². The molecule has 2 aliphatic rings. The van der Waals surface area contributed by atoms with E-state index in [0.717, 1.165) is 17.7 Å². The van der Waals surface area contributed by atoms with Crippen LogP contribution in [0, 0.1) is 5.82 Å². The molecule has 0 aliphatic carbocycles. The van der Waals surface area contributed by atoms with E-state index in [2.05, 4.69) is 10.5 Å². The number of anilines is 1. The Labute approximate surface area is 161 Å². The number of carbonyl (C=O) groups excluding carboxylic acids is 1. The van der Waals surface area contributed by atoms with Crippen LogP contribution in [-0.2, 0) is 4.84 Å². The molecule has 5 nitrogen and oxygen atoms in total. The van der Waals surface area contributed by atoms with Gasteiger partial charge in [0.15, 0.2) is 0 Å². The largest absolute Gasteiger partial charge is 0.388 e. The van der Waals surface area contributed by atoms with Crippen molar-refractivity contribution < 1.29 is 14.0 Å². The molecule has 2 amide bonds. The van der Waals surface area contributed by atoms with Crippen LogP contribution in [0.15, 0.2) is 53.7 Å². The van der Waals surface area contributed by atoms with Gasteiger partial charge in [0.05, 0.1) is 5.71 Å². The molecule has 2 aromatic rings. The van der Waals surface area contributed by atoms with E-state index >= 15 is 0 Å². The Morgan fingerprint density at radius 3 is 2.44 bits per heavy atom. The van der Waals surface area contributed by atoms with Crippen LogP contribution in [-0.4, -0.2) is 35.3 Å². The minimum absolute atomic E-state index is 0.187. The zero-order chi connectivity index (χ0) is 18.9. The summed E-state index contributed by atoms with van der Waals surface area (Å²) in [5.74, 6) is -0.331. The predicted molar refractivity (Wildman–Crippen MR) is 103 cm³/mol. The fourth-order valence-corrected chi connectivity index (χ4v) is 3.57. The van der Waals surface area contributed by atoms with Crippen LogP contribution in [0.3, 0.4) is 0 Å². The Morgan fingerprint density at radius 2 is 1.78 bits per heavy atom. The van der Waals surface area contributed by atoms with Gasteiger partial charge in [-0.1, -0.05) is 28.9 Å². The van der Waals surface area contributed by atoms with E-state index in [9.17, 15) is 9.18 Å². The number of nitrogens with zero attached hydrogens (tertiary/aromatic N) is 2. The number of likely N-dealkylation sites (tertiary alicyclic amines) is 1. The Hall–Kier alpha value is -2.60. The Morgan fingerprint density at radius 1 is 1.11 bits per heavy atom. The molecular weight excluding hydrogens is 369 g/mol. The van der Waals surface area contributed by atoms with Crippen molar-refractivity contribution in [1.29, 1.82) is 0 Å². The first-order chi connectivity index (χ1) is 13.0. The highest BCUT2D eigenvalue weighted by atomic mass is 35.5. The minimum Gasteiger partial charge on any atom is -0.388 e. The molecule has 27 heavy (non-hydrogen) atoms. The average molecular weight is 388 g/mol. The lowest BCUT2D eigenvalue weighted by Gasteiger charge is -2.37. The monoisotopic (exact) mass is 387 g/mol. The van der Waals surface area contributed by atoms with E-state index in [1.165, 1.54) is 12.1 Å². The van der Waals surface area contributed by atoms with Gasteiger partial charge in [-0.05, 0) is 42.0 Å². The smallest absolute Gasteiger partial charge is 0.321 e. The van der Waals surface area contributed by atoms with Crippen molar-refractivity contribution in [2.75, 3.05) is 18.4 Å². The van der Waals surface area contributed by atoms with Crippen LogP contribution < -0.4 is 5.32 Å². The second-order valence-corrected chi connectivity index (χ2v) is 7.36. The molecule has 4 rings (SSSR count). The number of rotatable bonds is 2. The molecule has 1 fully saturated rings. The van der Waals surface area contributed by atoms with Crippen LogP contribution >= 0.6 is 11.6 Å². The minimum atomic E-state index is -0.346. The number of hydrogen-bond donors (Lipinski definition) is 1. The van der Waals surface area contributed by atoms with Gasteiger partial charge in [0.25, 0.3) is 0 Å². The summed E-state index contributed by atoms with van der Waals surface area (Å²) in [6.45, 7) is 1.16. The molecule has 0 unspecified atom stereocenters. The molecule has 2 aromatic carbocycles. The molecule has 2 heterocycles. The maximum Gasteiger partial charge on any atom is 0.321 e. The van der Waals surface area contributed by atoms with Gasteiger partial charge >= 0.3 is 6.03 Å². The molecule has 1 N–H and O–H groups in total. The summed E-state index contributed by atoms with van der Waals surface area (Å²) < 4.78 is 13.0. The number of amides is 2. The molecule has 1 spiro atoms. The van der Waals surface area contributed by atoms with E-state index in [4.69, 9.17) is 16.4 Å². The molecule has 2 aliphatic heterocycles. The third-order valence-corrected chi connectivity index (χ3v) is 5.33. The molecule has 0 bridgehead atoms. The fourth-order valence-electron chi connectivity index (χ4n) is 3.44. The summed E-state index contributed by atoms with van der Waals surface area (Å²) in [6.07, 6.45) is 2.15. The lowest BCUT2D eigenvalue weighted by Crippen LogP contribution is -2.48. The van der Waals surface area contributed by atoms with Gasteiger partial charge in [-0.2, -0.15) is 0 Å². The normalized spacial score (nSPS) is 18.1. The molecule has 1 saturated heterocycles. The fraction of sp³-hybridized carbons (Fsp3) is 0.300. The first-order valence-electron chi connectivity index (χ1n) is 8.86. The van der Waals surface area contributed by atoms with Crippen molar-refractivity contribution in [3.63, 3.8) is 0 Å². The zero-order valence-corrected chi connectivity index (χ0v) is 15.4. The molecule has 0 atom stereocenters. The van der Waals surface area contributed by atoms with E-state index in [1.54, 1.807) is 17.0 Å². The van der Waals surface area contributed by atoms with Crippen molar-refractivity contribution in [3.05, 3.63) is 64.9 Å². The van der Waals surface area contributed by atoms with Gasteiger partial charge in [-0.15, -0.1) is 0 Å². The van der Waals surface area contributed by atoms with Gasteiger partial charge < -0.3 is 15.1 Å². The highest BCUT2D eigenvalue weighted by Crippen LogP contribution is 2.36. The van der Waals surface area contributed by atoms with E-state index in [-0.39, 0.29) is 17.4 Å². The lowest BCUT2D eigenvalue weighted by molar-refractivity contribution is -0.0544. The Kier molecular flexibility index (Phi) is 4.74. The topological polar surface area (TPSA) is 53.9 Å². The summed E-state index contributed by atoms with van der Waals surface area (Å²) >= 11 is 5.94. The number of piperidine rings is 1. The van der Waals surface area contributed by atoms with Crippen LogP contribution in [0.5, 0.6) is 0 Å². The molecule has 0 saturated carbocycles. The van der Waals surface area contributed by atoms with Gasteiger partial charge in [0, 0.05) is 43.1 Å². The lowest BCUT2D eigenvalue weighted by atomic mass is 9.85. The summed E-state index contributed by atoms with van der Waals surface area (Å²) in [4.78, 5) is 20.0. The first kappa shape index (κ1) is 17.8. The number of hydrogen-bond acceptors (Lipinski definition) is 3. The zero-order valence-electron chi connectivity index (χ0n) is 14.6. The third kappa shape index (κ3) is 3.90. The number of nitrogens with one attached hydrogen (secondary N) is 1. The van der Waals surface area contributed by atoms with Gasteiger partial charge in [-0.25, -0.2) is 9.18 Å². The number of oxime groups is 1. The highest BCUT2D eigenvalue weighted by molar-refractivity contribution is 6.30. The standard InChI is InChI=1S/C20H19ClFN3O2/c21-15-3-1-14(2-4-15)18-13-20(27-24-18)9-11-25(12-10-20)19(26)23-17-7-5-16(22)6-8-17/h1-8H,9-13H2,(H,23,26). The number of urea groups is 1. The summed E-state index contributed by atoms with van der Waals surface area (Å²) in [7, 11) is 0. The summed E-state index contributed by atoms with van der Waals surface area (Å²) in [5, 5.41) is 7.76. The third-order valence-electron chi connectivity index (χ3n) is 5.07. The Bertz CT molecular complexity index is 860.